The van der Waals surface area contributed by atoms with Crippen molar-refractivity contribution in [3.05, 3.63) is 54.1 Å². The number of nitrogens with one attached hydrogen (secondary N) is 1. The van der Waals surface area contributed by atoms with Crippen molar-refractivity contribution < 1.29 is 4.79 Å². The van der Waals surface area contributed by atoms with Crippen LogP contribution in [0.3, 0.4) is 0 Å². The van der Waals surface area contributed by atoms with Gasteiger partial charge in [0.25, 0.3) is 0 Å². The largest absolute Gasteiger partial charge is 0.345 e. The van der Waals surface area contributed by atoms with Crippen LogP contribution in [0.2, 0.25) is 0 Å². The molecule has 0 unspecified atom stereocenters. The molecule has 26 heavy (non-hydrogen) atoms. The topological polar surface area (TPSA) is 50.2 Å². The molecule has 1 N–H and O–H groups in total. The fourth-order valence-electron chi connectivity index (χ4n) is 3.78. The van der Waals surface area contributed by atoms with Crippen molar-refractivity contribution in [1.29, 1.82) is 0 Å². The average Bonchev–Trinajstić information content (AvgIpc) is 3.06. The normalized spacial score (nSPS) is 17.4. The number of aryl methyl sites for hydroxylation is 1. The highest BCUT2D eigenvalue weighted by atomic mass is 16.2. The third kappa shape index (κ3) is 4.52. The Morgan fingerprint density at radius 3 is 2.50 bits per heavy atom. The molecule has 1 aliphatic rings. The first-order valence-electron chi connectivity index (χ1n) is 9.58. The molecule has 140 valence electrons. The summed E-state index contributed by atoms with van der Waals surface area (Å²) in [5.41, 5.74) is 1.42. The highest BCUT2D eigenvalue weighted by molar-refractivity contribution is 5.78. The molecule has 0 aliphatic carbocycles. The molecule has 1 fully saturated rings. The van der Waals surface area contributed by atoms with E-state index in [1.165, 1.54) is 5.56 Å². The van der Waals surface area contributed by atoms with Gasteiger partial charge < -0.3 is 9.88 Å². The van der Waals surface area contributed by atoms with E-state index in [4.69, 9.17) is 0 Å². The summed E-state index contributed by atoms with van der Waals surface area (Å²) in [7, 11) is 1.97. The maximum Gasteiger partial charge on any atom is 0.234 e. The van der Waals surface area contributed by atoms with Crippen LogP contribution in [0.25, 0.3) is 0 Å². The molecule has 5 heteroatoms. The minimum atomic E-state index is -0.0515. The van der Waals surface area contributed by atoms with Crippen LogP contribution < -0.4 is 5.32 Å². The zero-order chi connectivity index (χ0) is 18.5. The Labute approximate surface area is 156 Å². The first-order chi connectivity index (χ1) is 12.5. The summed E-state index contributed by atoms with van der Waals surface area (Å²) in [4.78, 5) is 19.3. The number of nitrogens with zero attached hydrogens (tertiary/aromatic N) is 3. The number of benzene rings is 1. The Morgan fingerprint density at radius 2 is 1.92 bits per heavy atom. The van der Waals surface area contributed by atoms with E-state index < -0.39 is 0 Å². The zero-order valence-corrected chi connectivity index (χ0v) is 16.1. The van der Waals surface area contributed by atoms with Crippen molar-refractivity contribution in [1.82, 2.24) is 19.8 Å². The van der Waals surface area contributed by atoms with E-state index in [9.17, 15) is 4.79 Å². The minimum Gasteiger partial charge on any atom is -0.345 e. The second kappa shape index (κ2) is 8.49. The second-order valence-electron chi connectivity index (χ2n) is 7.65. The van der Waals surface area contributed by atoms with Gasteiger partial charge in [0.1, 0.15) is 5.82 Å². The van der Waals surface area contributed by atoms with Gasteiger partial charge in [0.15, 0.2) is 0 Å². The van der Waals surface area contributed by atoms with Crippen LogP contribution in [0.1, 0.15) is 50.0 Å². The number of aromatic nitrogens is 2. The van der Waals surface area contributed by atoms with E-state index in [2.05, 4.69) is 59.4 Å². The fraction of sp³-hybridized carbons (Fsp3) is 0.524. The van der Waals surface area contributed by atoms with Crippen molar-refractivity contribution in [3.63, 3.8) is 0 Å². The maximum atomic E-state index is 12.6. The third-order valence-electron chi connectivity index (χ3n) is 5.35. The highest BCUT2D eigenvalue weighted by Gasteiger charge is 2.25. The molecule has 0 saturated carbocycles. The van der Waals surface area contributed by atoms with Gasteiger partial charge in [0.2, 0.25) is 5.91 Å². The van der Waals surface area contributed by atoms with Crippen molar-refractivity contribution in [2.24, 2.45) is 13.0 Å². The van der Waals surface area contributed by atoms with E-state index in [0.717, 1.165) is 31.8 Å². The highest BCUT2D eigenvalue weighted by Crippen LogP contribution is 2.27. The van der Waals surface area contributed by atoms with E-state index in [1.807, 2.05) is 17.8 Å². The molecule has 1 amide bonds. The number of hydrogen-bond donors (Lipinski definition) is 1. The molecule has 2 heterocycles. The van der Waals surface area contributed by atoms with Gasteiger partial charge in [-0.1, -0.05) is 44.2 Å². The molecule has 1 saturated heterocycles. The lowest BCUT2D eigenvalue weighted by atomic mass is 9.89. The molecule has 0 radical (unpaired) electrons. The number of rotatable bonds is 6. The lowest BCUT2D eigenvalue weighted by Crippen LogP contribution is -2.43. The minimum absolute atomic E-state index is 0.0515. The molecule has 1 aromatic heterocycles. The first-order valence-corrected chi connectivity index (χ1v) is 9.58. The summed E-state index contributed by atoms with van der Waals surface area (Å²) >= 11 is 0. The van der Waals surface area contributed by atoms with Gasteiger partial charge in [0.05, 0.1) is 12.6 Å². The Kier molecular flexibility index (Phi) is 6.09. The number of imidazole rings is 1. The van der Waals surface area contributed by atoms with Crippen LogP contribution in [0.4, 0.5) is 0 Å². The van der Waals surface area contributed by atoms with Crippen molar-refractivity contribution in [2.75, 3.05) is 19.6 Å². The molecular weight excluding hydrogens is 324 g/mol. The number of amides is 1. The molecular formula is C21H30N4O. The Morgan fingerprint density at radius 1 is 1.23 bits per heavy atom. The van der Waals surface area contributed by atoms with E-state index >= 15 is 0 Å². The summed E-state index contributed by atoms with van der Waals surface area (Å²) in [6, 6.07) is 10.7. The van der Waals surface area contributed by atoms with Gasteiger partial charge in [-0.2, -0.15) is 0 Å². The van der Waals surface area contributed by atoms with Crippen LogP contribution in [0.5, 0.6) is 0 Å². The van der Waals surface area contributed by atoms with Crippen LogP contribution >= 0.6 is 0 Å². The molecule has 3 rings (SSSR count). The van der Waals surface area contributed by atoms with Gasteiger partial charge >= 0.3 is 0 Å². The van der Waals surface area contributed by atoms with E-state index in [-0.39, 0.29) is 11.9 Å². The van der Waals surface area contributed by atoms with Gasteiger partial charge in [-0.15, -0.1) is 0 Å². The molecule has 1 aliphatic heterocycles. The van der Waals surface area contributed by atoms with E-state index in [1.54, 1.807) is 6.20 Å². The molecule has 1 atom stereocenters. The number of likely N-dealkylation sites (tertiary alicyclic amines) is 1. The van der Waals surface area contributed by atoms with Gasteiger partial charge in [0, 0.05) is 19.4 Å². The SMILES string of the molecule is CC(C)[C@@H](NC(=O)CN1CCC(c2ccccc2)CC1)c1nccn1C. The second-order valence-corrected chi connectivity index (χ2v) is 7.65. The van der Waals surface area contributed by atoms with Crippen LogP contribution in [0.15, 0.2) is 42.7 Å². The summed E-state index contributed by atoms with van der Waals surface area (Å²) in [6.07, 6.45) is 5.94. The smallest absolute Gasteiger partial charge is 0.234 e. The monoisotopic (exact) mass is 354 g/mol. The quantitative estimate of drug-likeness (QED) is 0.867. The van der Waals surface area contributed by atoms with Crippen LogP contribution in [-0.4, -0.2) is 40.0 Å². The average molecular weight is 354 g/mol. The van der Waals surface area contributed by atoms with E-state index in [0.29, 0.717) is 18.4 Å². The predicted molar refractivity (Wildman–Crippen MR) is 104 cm³/mol. The molecule has 2 aromatic rings. The maximum absolute atomic E-state index is 12.6. The standard InChI is InChI=1S/C21H30N4O/c1-16(2)20(21-22-11-14-24(21)3)23-19(26)15-25-12-9-18(10-13-25)17-7-5-4-6-8-17/h4-8,11,14,16,18,20H,9-10,12-13,15H2,1-3H3,(H,23,26)/t20-/m1/s1. The number of carbonyl (C=O) groups excluding carboxylic acids is 1. The zero-order valence-electron chi connectivity index (χ0n) is 16.1. The van der Waals surface area contributed by atoms with Crippen molar-refractivity contribution in [2.45, 2.75) is 38.6 Å². The first kappa shape index (κ1) is 18.6. The predicted octanol–water partition coefficient (Wildman–Crippen LogP) is 3.11. The van der Waals surface area contributed by atoms with Crippen LogP contribution in [0, 0.1) is 5.92 Å². The lowest BCUT2D eigenvalue weighted by Gasteiger charge is -2.32. The van der Waals surface area contributed by atoms with Crippen molar-refractivity contribution in [3.8, 4) is 0 Å². The molecule has 0 spiro atoms. The summed E-state index contributed by atoms with van der Waals surface area (Å²) < 4.78 is 1.98. The van der Waals surface area contributed by atoms with Crippen LogP contribution in [-0.2, 0) is 11.8 Å². The van der Waals surface area contributed by atoms with Crippen molar-refractivity contribution >= 4 is 5.91 Å². The summed E-state index contributed by atoms with van der Waals surface area (Å²) in [5, 5.41) is 3.19. The Balaban J connectivity index is 1.52. The fourth-order valence-corrected chi connectivity index (χ4v) is 3.78. The Bertz CT molecular complexity index is 702. The number of carbonyl (C=O) groups is 1. The van der Waals surface area contributed by atoms with Gasteiger partial charge in [-0.3, -0.25) is 9.69 Å². The van der Waals surface area contributed by atoms with Gasteiger partial charge in [-0.05, 0) is 43.3 Å². The third-order valence-corrected chi connectivity index (χ3v) is 5.35. The summed E-state index contributed by atoms with van der Waals surface area (Å²) in [5.74, 6) is 1.91. The van der Waals surface area contributed by atoms with Gasteiger partial charge in [-0.25, -0.2) is 4.98 Å². The number of hydrogen-bond acceptors (Lipinski definition) is 3. The lowest BCUT2D eigenvalue weighted by molar-refractivity contribution is -0.123. The Hall–Kier alpha value is -2.14. The number of piperidine rings is 1. The summed E-state index contributed by atoms with van der Waals surface area (Å²) in [6.45, 7) is 6.65. The molecule has 0 bridgehead atoms. The molecule has 5 nitrogen and oxygen atoms in total. The molecule has 1 aromatic carbocycles.